The van der Waals surface area contributed by atoms with Gasteiger partial charge >= 0.3 is 6.09 Å². The molecule has 0 saturated heterocycles. The molecule has 1 aliphatic heterocycles. The molecule has 0 radical (unpaired) electrons. The summed E-state index contributed by atoms with van der Waals surface area (Å²) in [4.78, 5) is 28.0. The molecule has 0 bridgehead atoms. The monoisotopic (exact) mass is 455 g/mol. The molecule has 4 aromatic rings. The normalized spacial score (nSPS) is 20.1. The molecular formula is C27H29N5O2. The Morgan fingerprint density at radius 1 is 1.21 bits per heavy atom. The summed E-state index contributed by atoms with van der Waals surface area (Å²) in [6.45, 7) is 4.93. The first kappa shape index (κ1) is 22.0. The van der Waals surface area contributed by atoms with Gasteiger partial charge in [0.1, 0.15) is 0 Å². The van der Waals surface area contributed by atoms with E-state index >= 15 is 0 Å². The molecule has 2 unspecified atom stereocenters. The molecule has 5 rings (SSSR count). The van der Waals surface area contributed by atoms with Crippen LogP contribution >= 0.6 is 0 Å². The summed E-state index contributed by atoms with van der Waals surface area (Å²) >= 11 is 0. The molecule has 7 nitrogen and oxygen atoms in total. The van der Waals surface area contributed by atoms with Crippen molar-refractivity contribution in [3.8, 4) is 0 Å². The van der Waals surface area contributed by atoms with E-state index in [0.29, 0.717) is 0 Å². The number of nitrogens with zero attached hydrogens (tertiary/aromatic N) is 3. The van der Waals surface area contributed by atoms with Gasteiger partial charge in [0.05, 0.1) is 6.04 Å². The van der Waals surface area contributed by atoms with Gasteiger partial charge in [-0.2, -0.15) is 0 Å². The van der Waals surface area contributed by atoms with Gasteiger partial charge in [-0.1, -0.05) is 37.3 Å². The average molecular weight is 456 g/mol. The highest BCUT2D eigenvalue weighted by atomic mass is 16.7. The lowest BCUT2D eigenvalue weighted by atomic mass is 9.79. The maximum absolute atomic E-state index is 12.3. The van der Waals surface area contributed by atoms with Crippen LogP contribution in [0.2, 0.25) is 0 Å². The number of amides is 1. The van der Waals surface area contributed by atoms with E-state index in [0.717, 1.165) is 47.1 Å². The number of H-pyrrole nitrogens is 1. The fourth-order valence-corrected chi connectivity index (χ4v) is 5.33. The highest BCUT2D eigenvalue weighted by Gasteiger charge is 2.53. The first-order valence-corrected chi connectivity index (χ1v) is 11.7. The Kier molecular flexibility index (Phi) is 5.71. The van der Waals surface area contributed by atoms with E-state index in [4.69, 9.17) is 10.6 Å². The van der Waals surface area contributed by atoms with Crippen LogP contribution in [0.1, 0.15) is 37.0 Å². The van der Waals surface area contributed by atoms with Crippen LogP contribution in [0.3, 0.4) is 0 Å². The fraction of sp³-hybridized carbons (Fsp3) is 0.259. The Morgan fingerprint density at radius 3 is 2.76 bits per heavy atom. The second kappa shape index (κ2) is 8.83. The van der Waals surface area contributed by atoms with Crippen molar-refractivity contribution >= 4 is 22.7 Å². The molecule has 2 aromatic carbocycles. The second-order valence-electron chi connectivity index (χ2n) is 8.76. The Balaban J connectivity index is 1.89. The number of primary amides is 1. The number of fused-ring (bicyclic) bond motifs is 2. The number of nitrogens with one attached hydrogen (secondary N) is 1. The van der Waals surface area contributed by atoms with Gasteiger partial charge < -0.3 is 20.5 Å². The van der Waals surface area contributed by atoms with Crippen LogP contribution in [-0.4, -0.2) is 33.7 Å². The summed E-state index contributed by atoms with van der Waals surface area (Å²) in [5.41, 5.74) is 10.0. The molecule has 3 heterocycles. The molecule has 34 heavy (non-hydrogen) atoms. The van der Waals surface area contributed by atoms with Gasteiger partial charge in [-0.3, -0.25) is 4.98 Å². The number of hydrogen-bond donors (Lipinski definition) is 2. The standard InChI is InChI=1S/C27H29N5O2/c1-3-16-31(23-11-13-29-14-12-23)27(22-8-9-25-21(18-22)10-15-30-25)24-7-5-4-6-20(24)17-19(2)32(27)34-26(28)33/h4-15,18-19,30H,3,16-17H2,1-2H3,(H2,28,33). The van der Waals surface area contributed by atoms with Crippen LogP contribution in [0.25, 0.3) is 10.9 Å². The third-order valence-electron chi connectivity index (χ3n) is 6.58. The van der Waals surface area contributed by atoms with Gasteiger partial charge in [0, 0.05) is 47.5 Å². The van der Waals surface area contributed by atoms with Crippen molar-refractivity contribution in [1.29, 1.82) is 0 Å². The summed E-state index contributed by atoms with van der Waals surface area (Å²) in [7, 11) is 0. The zero-order valence-corrected chi connectivity index (χ0v) is 19.4. The first-order valence-electron chi connectivity index (χ1n) is 11.7. The highest BCUT2D eigenvalue weighted by molar-refractivity contribution is 5.81. The largest absolute Gasteiger partial charge is 0.423 e. The molecule has 2 aromatic heterocycles. The van der Waals surface area contributed by atoms with Gasteiger partial charge in [-0.05, 0) is 61.0 Å². The van der Waals surface area contributed by atoms with E-state index in [1.165, 1.54) is 5.56 Å². The average Bonchev–Trinajstić information content (AvgIpc) is 3.32. The summed E-state index contributed by atoms with van der Waals surface area (Å²) in [6, 6.07) is 20.7. The van der Waals surface area contributed by atoms with Gasteiger partial charge in [0.15, 0.2) is 5.66 Å². The number of rotatable bonds is 6. The number of aromatic amines is 1. The minimum Gasteiger partial charge on any atom is -0.361 e. The first-order chi connectivity index (χ1) is 16.6. The Morgan fingerprint density at radius 2 is 2.00 bits per heavy atom. The lowest BCUT2D eigenvalue weighted by molar-refractivity contribution is -0.194. The number of anilines is 1. The molecule has 1 aliphatic rings. The van der Waals surface area contributed by atoms with Crippen LogP contribution in [0.5, 0.6) is 0 Å². The van der Waals surface area contributed by atoms with Crippen molar-refractivity contribution in [3.05, 3.63) is 95.9 Å². The number of benzene rings is 2. The number of carbonyl (C=O) groups excluding carboxylic acids is 1. The number of pyridine rings is 1. The molecule has 174 valence electrons. The van der Waals surface area contributed by atoms with E-state index in [2.05, 4.69) is 71.2 Å². The molecule has 1 amide bonds. The Bertz CT molecular complexity index is 1300. The van der Waals surface area contributed by atoms with Gasteiger partial charge in [-0.15, -0.1) is 5.06 Å². The molecule has 3 N–H and O–H groups in total. The van der Waals surface area contributed by atoms with Crippen molar-refractivity contribution in [2.24, 2.45) is 5.73 Å². The zero-order valence-electron chi connectivity index (χ0n) is 19.4. The van der Waals surface area contributed by atoms with Crippen LogP contribution < -0.4 is 10.6 Å². The maximum atomic E-state index is 12.3. The van der Waals surface area contributed by atoms with Crippen LogP contribution in [0.15, 0.2) is 79.3 Å². The zero-order chi connectivity index (χ0) is 23.7. The Labute approximate surface area is 199 Å². The van der Waals surface area contributed by atoms with E-state index in [-0.39, 0.29) is 6.04 Å². The van der Waals surface area contributed by atoms with E-state index in [9.17, 15) is 4.79 Å². The minimum atomic E-state index is -0.938. The van der Waals surface area contributed by atoms with Crippen molar-refractivity contribution in [1.82, 2.24) is 15.0 Å². The molecule has 0 fully saturated rings. The van der Waals surface area contributed by atoms with E-state index in [1.54, 1.807) is 17.5 Å². The summed E-state index contributed by atoms with van der Waals surface area (Å²) in [6.07, 6.45) is 6.30. The molecule has 0 aliphatic carbocycles. The van der Waals surface area contributed by atoms with Crippen LogP contribution in [0, 0.1) is 0 Å². The summed E-state index contributed by atoms with van der Waals surface area (Å²) in [5.74, 6) is 0. The van der Waals surface area contributed by atoms with Crippen molar-refractivity contribution in [3.63, 3.8) is 0 Å². The lowest BCUT2D eigenvalue weighted by Crippen LogP contribution is -2.65. The summed E-state index contributed by atoms with van der Waals surface area (Å²) in [5, 5.41) is 2.87. The fourth-order valence-electron chi connectivity index (χ4n) is 5.33. The van der Waals surface area contributed by atoms with Crippen molar-refractivity contribution < 1.29 is 9.63 Å². The molecule has 2 atom stereocenters. The number of hydrogen-bond acceptors (Lipinski definition) is 5. The predicted octanol–water partition coefficient (Wildman–Crippen LogP) is 4.94. The lowest BCUT2D eigenvalue weighted by Gasteiger charge is -2.55. The number of hydroxylamine groups is 2. The minimum absolute atomic E-state index is 0.120. The van der Waals surface area contributed by atoms with E-state index in [1.807, 2.05) is 24.4 Å². The van der Waals surface area contributed by atoms with Crippen LogP contribution in [0.4, 0.5) is 10.5 Å². The Hall–Kier alpha value is -3.84. The van der Waals surface area contributed by atoms with E-state index < -0.39 is 11.8 Å². The predicted molar refractivity (Wildman–Crippen MR) is 133 cm³/mol. The molecule has 7 heteroatoms. The molecule has 0 spiro atoms. The third kappa shape index (κ3) is 3.49. The smallest absolute Gasteiger partial charge is 0.361 e. The van der Waals surface area contributed by atoms with Gasteiger partial charge in [0.2, 0.25) is 0 Å². The number of nitrogens with two attached hydrogens (primary N) is 1. The molecule has 0 saturated carbocycles. The summed E-state index contributed by atoms with van der Waals surface area (Å²) < 4.78 is 0. The SMILES string of the molecule is CCCN(c1ccncc1)C1(c2ccc3[nH]ccc3c2)c2ccccc2CC(C)N1OC(N)=O. The number of carbonyl (C=O) groups is 1. The van der Waals surface area contributed by atoms with Gasteiger partial charge in [0.25, 0.3) is 0 Å². The van der Waals surface area contributed by atoms with Crippen molar-refractivity contribution in [2.75, 3.05) is 11.4 Å². The topological polar surface area (TPSA) is 87.5 Å². The number of aromatic nitrogens is 2. The third-order valence-corrected chi connectivity index (χ3v) is 6.58. The quantitative estimate of drug-likeness (QED) is 0.430. The maximum Gasteiger partial charge on any atom is 0.423 e. The second-order valence-corrected chi connectivity index (χ2v) is 8.76. The van der Waals surface area contributed by atoms with Crippen molar-refractivity contribution in [2.45, 2.75) is 38.4 Å². The van der Waals surface area contributed by atoms with Crippen LogP contribution in [-0.2, 0) is 16.9 Å². The molecular weight excluding hydrogens is 426 g/mol. The van der Waals surface area contributed by atoms with Gasteiger partial charge in [-0.25, -0.2) is 4.79 Å². The highest BCUT2D eigenvalue weighted by Crippen LogP contribution is 2.48.